The molecule has 2 amide bonds. The molecule has 148 valence electrons. The van der Waals surface area contributed by atoms with Gasteiger partial charge >= 0.3 is 0 Å². The van der Waals surface area contributed by atoms with E-state index in [-0.39, 0.29) is 18.0 Å². The molecule has 1 aliphatic heterocycles. The summed E-state index contributed by atoms with van der Waals surface area (Å²) >= 11 is 0. The second-order valence-electron chi connectivity index (χ2n) is 6.81. The number of anilines is 1. The molecule has 2 aromatic rings. The molecule has 2 N–H and O–H groups in total. The lowest BCUT2D eigenvalue weighted by atomic mass is 10.1. The van der Waals surface area contributed by atoms with Gasteiger partial charge in [-0.25, -0.2) is 0 Å². The van der Waals surface area contributed by atoms with Gasteiger partial charge in [0.2, 0.25) is 0 Å². The first-order chi connectivity index (χ1) is 13.7. The summed E-state index contributed by atoms with van der Waals surface area (Å²) in [6.07, 6.45) is 1.47. The predicted molar refractivity (Wildman–Crippen MR) is 109 cm³/mol. The maximum Gasteiger partial charge on any atom is 0.256 e. The Hall–Kier alpha value is -2.86. The zero-order valence-corrected chi connectivity index (χ0v) is 16.4. The number of fused-ring (bicyclic) bond motifs is 1. The van der Waals surface area contributed by atoms with Gasteiger partial charge in [0, 0.05) is 49.2 Å². The summed E-state index contributed by atoms with van der Waals surface area (Å²) < 4.78 is 4.98. The van der Waals surface area contributed by atoms with Crippen LogP contribution in [-0.2, 0) is 4.74 Å². The maximum absolute atomic E-state index is 12.7. The molecular weight excluding hydrogens is 354 g/mol. The highest BCUT2D eigenvalue weighted by atomic mass is 16.5. The van der Waals surface area contributed by atoms with Crippen molar-refractivity contribution in [2.24, 2.45) is 0 Å². The van der Waals surface area contributed by atoms with E-state index in [1.807, 2.05) is 41.3 Å². The number of hydrogen-bond donors (Lipinski definition) is 2. The molecule has 6 nitrogen and oxygen atoms in total. The predicted octanol–water partition coefficient (Wildman–Crippen LogP) is 3.43. The number of amides is 2. The van der Waals surface area contributed by atoms with Gasteiger partial charge in [-0.3, -0.25) is 9.59 Å². The Labute approximate surface area is 165 Å². The summed E-state index contributed by atoms with van der Waals surface area (Å²) in [6.45, 7) is 3.96. The number of nitrogens with one attached hydrogen (secondary N) is 2. The van der Waals surface area contributed by atoms with Gasteiger partial charge in [-0.15, -0.1) is 0 Å². The van der Waals surface area contributed by atoms with Crippen molar-refractivity contribution in [3.63, 3.8) is 0 Å². The summed E-state index contributed by atoms with van der Waals surface area (Å²) in [4.78, 5) is 26.7. The van der Waals surface area contributed by atoms with Crippen LogP contribution >= 0.6 is 0 Å². The van der Waals surface area contributed by atoms with Crippen molar-refractivity contribution in [1.29, 1.82) is 0 Å². The number of carbonyl (C=O) groups is 2. The molecule has 1 unspecified atom stereocenters. The lowest BCUT2D eigenvalue weighted by molar-refractivity contribution is 0.0743. The largest absolute Gasteiger partial charge is 0.385 e. The molecule has 0 saturated heterocycles. The number of benzene rings is 2. The van der Waals surface area contributed by atoms with Gasteiger partial charge in [-0.05, 0) is 43.2 Å². The van der Waals surface area contributed by atoms with Crippen molar-refractivity contribution in [2.45, 2.75) is 25.9 Å². The molecule has 2 aromatic carbocycles. The average molecular weight is 381 g/mol. The molecule has 1 atom stereocenters. The quantitative estimate of drug-likeness (QED) is 0.653. The summed E-state index contributed by atoms with van der Waals surface area (Å²) in [5.74, 6) is -0.0429. The van der Waals surface area contributed by atoms with Crippen LogP contribution in [0.25, 0.3) is 0 Å². The normalized spacial score (nSPS) is 15.4. The number of nitrogens with zero attached hydrogens (tertiary/aromatic N) is 1. The Morgan fingerprint density at radius 3 is 2.61 bits per heavy atom. The Kier molecular flexibility index (Phi) is 6.66. The van der Waals surface area contributed by atoms with Gasteiger partial charge in [-0.1, -0.05) is 25.1 Å². The number of carbonyl (C=O) groups excluding carboxylic acids is 2. The number of methoxy groups -OCH3 is 1. The Balaban J connectivity index is 1.69. The van der Waals surface area contributed by atoms with Crippen LogP contribution in [0.2, 0.25) is 0 Å². The van der Waals surface area contributed by atoms with Gasteiger partial charge in [-0.2, -0.15) is 0 Å². The smallest absolute Gasteiger partial charge is 0.256 e. The maximum atomic E-state index is 12.7. The van der Waals surface area contributed by atoms with Gasteiger partial charge in [0.25, 0.3) is 11.8 Å². The highest BCUT2D eigenvalue weighted by Gasteiger charge is 2.35. The van der Waals surface area contributed by atoms with E-state index in [0.29, 0.717) is 25.3 Å². The van der Waals surface area contributed by atoms with E-state index < -0.39 is 0 Å². The van der Waals surface area contributed by atoms with Crippen LogP contribution in [0.1, 0.15) is 52.2 Å². The zero-order chi connectivity index (χ0) is 19.9. The minimum absolute atomic E-state index is 0.0574. The van der Waals surface area contributed by atoms with Crippen molar-refractivity contribution >= 4 is 17.5 Å². The second kappa shape index (κ2) is 9.37. The molecule has 0 aliphatic carbocycles. The SMILES string of the molecule is CCCN1C(=O)c2ccccc2C1Nc1ccc(C(=O)NCCCOC)cc1. The van der Waals surface area contributed by atoms with Gasteiger partial charge in [0.15, 0.2) is 0 Å². The third-order valence-electron chi connectivity index (χ3n) is 4.78. The molecule has 28 heavy (non-hydrogen) atoms. The van der Waals surface area contributed by atoms with Gasteiger partial charge in [0.05, 0.1) is 0 Å². The standard InChI is InChI=1S/C22H27N3O3/c1-3-14-25-20(18-7-4-5-8-19(18)22(25)27)24-17-11-9-16(10-12-17)21(26)23-13-6-15-28-2/h4-5,7-12,20,24H,3,6,13-15H2,1-2H3,(H,23,26). The van der Waals surface area contributed by atoms with Crippen LogP contribution in [0, 0.1) is 0 Å². The van der Waals surface area contributed by atoms with Crippen LogP contribution < -0.4 is 10.6 Å². The molecule has 1 aliphatic rings. The van der Waals surface area contributed by atoms with E-state index in [2.05, 4.69) is 17.6 Å². The van der Waals surface area contributed by atoms with Gasteiger partial charge < -0.3 is 20.3 Å². The molecule has 0 fully saturated rings. The highest BCUT2D eigenvalue weighted by molar-refractivity contribution is 5.99. The first-order valence-corrected chi connectivity index (χ1v) is 9.69. The van der Waals surface area contributed by atoms with Crippen molar-refractivity contribution < 1.29 is 14.3 Å². The Morgan fingerprint density at radius 2 is 1.89 bits per heavy atom. The van der Waals surface area contributed by atoms with Crippen molar-refractivity contribution in [1.82, 2.24) is 10.2 Å². The fourth-order valence-corrected chi connectivity index (χ4v) is 3.39. The zero-order valence-electron chi connectivity index (χ0n) is 16.4. The van der Waals surface area contributed by atoms with E-state index in [4.69, 9.17) is 4.74 Å². The van der Waals surface area contributed by atoms with E-state index in [0.717, 1.165) is 29.7 Å². The number of rotatable bonds is 9. The first kappa shape index (κ1) is 19.9. The van der Waals surface area contributed by atoms with Crippen LogP contribution in [0.15, 0.2) is 48.5 Å². The fourth-order valence-electron chi connectivity index (χ4n) is 3.39. The summed E-state index contributed by atoms with van der Waals surface area (Å²) in [6, 6.07) is 15.0. The number of hydrogen-bond acceptors (Lipinski definition) is 4. The van der Waals surface area contributed by atoms with Gasteiger partial charge in [0.1, 0.15) is 6.17 Å². The Morgan fingerprint density at radius 1 is 1.14 bits per heavy atom. The summed E-state index contributed by atoms with van der Waals surface area (Å²) in [5, 5.41) is 6.32. The van der Waals surface area contributed by atoms with Crippen LogP contribution in [-0.4, -0.2) is 43.5 Å². The van der Waals surface area contributed by atoms with Crippen molar-refractivity contribution in [3.8, 4) is 0 Å². The molecule has 0 radical (unpaired) electrons. The minimum Gasteiger partial charge on any atom is -0.385 e. The van der Waals surface area contributed by atoms with E-state index in [1.165, 1.54) is 0 Å². The van der Waals surface area contributed by atoms with E-state index >= 15 is 0 Å². The van der Waals surface area contributed by atoms with Crippen LogP contribution in [0.4, 0.5) is 5.69 Å². The molecule has 1 heterocycles. The lowest BCUT2D eigenvalue weighted by Gasteiger charge is -2.26. The molecule has 0 saturated carbocycles. The summed E-state index contributed by atoms with van der Waals surface area (Å²) in [5.41, 5.74) is 3.21. The number of ether oxygens (including phenoxy) is 1. The molecule has 3 rings (SSSR count). The molecule has 6 heteroatoms. The monoisotopic (exact) mass is 381 g/mol. The van der Waals surface area contributed by atoms with E-state index in [9.17, 15) is 9.59 Å². The first-order valence-electron chi connectivity index (χ1n) is 9.69. The highest BCUT2D eigenvalue weighted by Crippen LogP contribution is 2.34. The third-order valence-corrected chi connectivity index (χ3v) is 4.78. The molecule has 0 aromatic heterocycles. The summed E-state index contributed by atoms with van der Waals surface area (Å²) in [7, 11) is 1.64. The molecule has 0 bridgehead atoms. The van der Waals surface area contributed by atoms with Crippen LogP contribution in [0.5, 0.6) is 0 Å². The third kappa shape index (κ3) is 4.34. The second-order valence-corrected chi connectivity index (χ2v) is 6.81. The average Bonchev–Trinajstić information content (AvgIpc) is 2.98. The molecule has 0 spiro atoms. The van der Waals surface area contributed by atoms with Crippen molar-refractivity contribution in [2.75, 3.05) is 32.1 Å². The topological polar surface area (TPSA) is 70.7 Å². The van der Waals surface area contributed by atoms with E-state index in [1.54, 1.807) is 19.2 Å². The fraction of sp³-hybridized carbons (Fsp3) is 0.364. The van der Waals surface area contributed by atoms with Crippen LogP contribution in [0.3, 0.4) is 0 Å². The minimum atomic E-state index is -0.197. The van der Waals surface area contributed by atoms with Crippen molar-refractivity contribution in [3.05, 3.63) is 65.2 Å². The lowest BCUT2D eigenvalue weighted by Crippen LogP contribution is -2.33. The Bertz CT molecular complexity index is 820. The molecular formula is C22H27N3O3.